The number of aromatic carboxylic acids is 1. The van der Waals surface area contributed by atoms with Crippen LogP contribution in [0.3, 0.4) is 0 Å². The molecule has 1 fully saturated rings. The summed E-state index contributed by atoms with van der Waals surface area (Å²) in [6.07, 6.45) is 6.12. The van der Waals surface area contributed by atoms with Gasteiger partial charge in [-0.25, -0.2) is 4.79 Å². The van der Waals surface area contributed by atoms with E-state index in [2.05, 4.69) is 5.32 Å². The number of hydrogen-bond donors (Lipinski definition) is 3. The largest absolute Gasteiger partial charge is 0.508 e. The first-order chi connectivity index (χ1) is 9.56. The Morgan fingerprint density at radius 3 is 2.60 bits per heavy atom. The highest BCUT2D eigenvalue weighted by molar-refractivity contribution is 6.00. The normalized spacial score (nSPS) is 15.2. The second-order valence-corrected chi connectivity index (χ2v) is 5.27. The fraction of sp³-hybridized carbons (Fsp3) is 0.467. The van der Waals surface area contributed by atoms with Crippen molar-refractivity contribution in [2.75, 3.05) is 5.32 Å². The number of phenolic OH excluding ortho intramolecular Hbond substituents is 1. The summed E-state index contributed by atoms with van der Waals surface area (Å²) in [6, 6.07) is 3.90. The van der Waals surface area contributed by atoms with Gasteiger partial charge in [-0.1, -0.05) is 25.7 Å². The molecule has 0 aromatic heterocycles. The Balaban J connectivity index is 1.94. The zero-order chi connectivity index (χ0) is 14.5. The van der Waals surface area contributed by atoms with Gasteiger partial charge in [-0.15, -0.1) is 0 Å². The third-order valence-electron chi connectivity index (χ3n) is 3.76. The van der Waals surface area contributed by atoms with Gasteiger partial charge in [-0.05, 0) is 30.5 Å². The number of aromatic hydroxyl groups is 1. The summed E-state index contributed by atoms with van der Waals surface area (Å²) in [4.78, 5) is 22.9. The monoisotopic (exact) mass is 277 g/mol. The van der Waals surface area contributed by atoms with E-state index in [1.54, 1.807) is 0 Å². The number of carbonyl (C=O) groups excluding carboxylic acids is 1. The minimum Gasteiger partial charge on any atom is -0.508 e. The Kier molecular flexibility index (Phi) is 4.61. The maximum absolute atomic E-state index is 11.9. The van der Waals surface area contributed by atoms with E-state index in [1.807, 2.05) is 0 Å². The average molecular weight is 277 g/mol. The number of anilines is 1. The molecule has 0 bridgehead atoms. The fourth-order valence-corrected chi connectivity index (χ4v) is 2.67. The number of carboxylic acids is 1. The molecule has 0 unspecified atom stereocenters. The molecule has 20 heavy (non-hydrogen) atoms. The summed E-state index contributed by atoms with van der Waals surface area (Å²) in [7, 11) is 0. The van der Waals surface area contributed by atoms with Crippen LogP contribution >= 0.6 is 0 Å². The molecule has 3 N–H and O–H groups in total. The number of hydrogen-bond acceptors (Lipinski definition) is 3. The molecule has 0 saturated heterocycles. The smallest absolute Gasteiger partial charge is 0.337 e. The predicted octanol–water partition coefficient (Wildman–Crippen LogP) is 3.00. The molecule has 1 aliphatic rings. The molecule has 1 aromatic carbocycles. The molecule has 1 amide bonds. The van der Waals surface area contributed by atoms with Crippen LogP contribution < -0.4 is 5.32 Å². The first kappa shape index (κ1) is 14.4. The van der Waals surface area contributed by atoms with E-state index in [0.29, 0.717) is 12.3 Å². The molecule has 1 aliphatic carbocycles. The van der Waals surface area contributed by atoms with Crippen molar-refractivity contribution < 1.29 is 19.8 Å². The second kappa shape index (κ2) is 6.41. The van der Waals surface area contributed by atoms with Gasteiger partial charge in [0.1, 0.15) is 5.75 Å². The SMILES string of the molecule is O=C(CCC1CCCC1)Nc1ccc(O)cc1C(=O)O. The molecule has 1 aromatic rings. The minimum absolute atomic E-state index is 0.0979. The number of amides is 1. The molecule has 5 heteroatoms. The maximum atomic E-state index is 11.9. The van der Waals surface area contributed by atoms with Crippen LogP contribution in [0.15, 0.2) is 18.2 Å². The van der Waals surface area contributed by atoms with Crippen molar-refractivity contribution in [2.45, 2.75) is 38.5 Å². The van der Waals surface area contributed by atoms with E-state index >= 15 is 0 Å². The van der Waals surface area contributed by atoms with Crippen LogP contribution in [0.2, 0.25) is 0 Å². The van der Waals surface area contributed by atoms with Gasteiger partial charge in [0.15, 0.2) is 0 Å². The summed E-state index contributed by atoms with van der Waals surface area (Å²) in [5.74, 6) is -0.858. The average Bonchev–Trinajstić information content (AvgIpc) is 2.91. The van der Waals surface area contributed by atoms with Crippen LogP contribution in [0.5, 0.6) is 5.75 Å². The van der Waals surface area contributed by atoms with E-state index in [9.17, 15) is 14.7 Å². The third-order valence-corrected chi connectivity index (χ3v) is 3.76. The lowest BCUT2D eigenvalue weighted by Crippen LogP contribution is -2.15. The van der Waals surface area contributed by atoms with Gasteiger partial charge in [-0.3, -0.25) is 4.79 Å². The first-order valence-electron chi connectivity index (χ1n) is 6.92. The zero-order valence-electron chi connectivity index (χ0n) is 11.3. The van der Waals surface area contributed by atoms with Gasteiger partial charge in [0.25, 0.3) is 0 Å². The highest BCUT2D eigenvalue weighted by atomic mass is 16.4. The van der Waals surface area contributed by atoms with Crippen molar-refractivity contribution in [3.63, 3.8) is 0 Å². The number of benzene rings is 1. The van der Waals surface area contributed by atoms with E-state index in [4.69, 9.17) is 5.11 Å². The van der Waals surface area contributed by atoms with Gasteiger partial charge in [-0.2, -0.15) is 0 Å². The van der Waals surface area contributed by atoms with Crippen molar-refractivity contribution in [3.05, 3.63) is 23.8 Å². The van der Waals surface area contributed by atoms with Crippen molar-refractivity contribution in [2.24, 2.45) is 5.92 Å². The summed E-state index contributed by atoms with van der Waals surface area (Å²) in [6.45, 7) is 0. The fourth-order valence-electron chi connectivity index (χ4n) is 2.67. The van der Waals surface area contributed by atoms with Crippen molar-refractivity contribution in [3.8, 4) is 5.75 Å². The number of rotatable bonds is 5. The summed E-state index contributed by atoms with van der Waals surface area (Å²) >= 11 is 0. The topological polar surface area (TPSA) is 86.6 Å². The lowest BCUT2D eigenvalue weighted by molar-refractivity contribution is -0.116. The lowest BCUT2D eigenvalue weighted by atomic mass is 10.0. The zero-order valence-corrected chi connectivity index (χ0v) is 11.3. The summed E-state index contributed by atoms with van der Waals surface area (Å²) in [5.41, 5.74) is 0.130. The number of carbonyl (C=O) groups is 2. The molecular formula is C15H19NO4. The van der Waals surface area contributed by atoms with Crippen LogP contribution in [0.25, 0.3) is 0 Å². The van der Waals surface area contributed by atoms with Gasteiger partial charge >= 0.3 is 5.97 Å². The Labute approximate surface area is 117 Å². The molecule has 2 rings (SSSR count). The van der Waals surface area contributed by atoms with Crippen molar-refractivity contribution in [1.82, 2.24) is 0 Å². The number of nitrogens with one attached hydrogen (secondary N) is 1. The van der Waals surface area contributed by atoms with Crippen LogP contribution in [-0.4, -0.2) is 22.1 Å². The van der Waals surface area contributed by atoms with Gasteiger partial charge in [0.05, 0.1) is 11.3 Å². The Morgan fingerprint density at radius 2 is 1.95 bits per heavy atom. The quantitative estimate of drug-likeness (QED) is 0.722. The van der Waals surface area contributed by atoms with Crippen molar-refractivity contribution in [1.29, 1.82) is 0 Å². The van der Waals surface area contributed by atoms with Crippen LogP contribution in [0.4, 0.5) is 5.69 Å². The van der Waals surface area contributed by atoms with E-state index in [1.165, 1.54) is 37.8 Å². The molecule has 1 saturated carbocycles. The van der Waals surface area contributed by atoms with E-state index < -0.39 is 5.97 Å². The van der Waals surface area contributed by atoms with Crippen LogP contribution in [0.1, 0.15) is 48.9 Å². The van der Waals surface area contributed by atoms with Gasteiger partial charge in [0, 0.05) is 6.42 Å². The second-order valence-electron chi connectivity index (χ2n) is 5.27. The molecule has 5 nitrogen and oxygen atoms in total. The number of carboxylic acid groups (broad SMARTS) is 1. The summed E-state index contributed by atoms with van der Waals surface area (Å²) < 4.78 is 0. The molecule has 0 aliphatic heterocycles. The Morgan fingerprint density at radius 1 is 1.25 bits per heavy atom. The van der Waals surface area contributed by atoms with E-state index in [-0.39, 0.29) is 22.9 Å². The van der Waals surface area contributed by atoms with Gasteiger partial charge in [0.2, 0.25) is 5.91 Å². The first-order valence-corrected chi connectivity index (χ1v) is 6.92. The van der Waals surface area contributed by atoms with Gasteiger partial charge < -0.3 is 15.5 Å². The van der Waals surface area contributed by atoms with Crippen molar-refractivity contribution >= 4 is 17.6 Å². The number of phenols is 1. The molecule has 0 heterocycles. The Hall–Kier alpha value is -2.04. The van der Waals surface area contributed by atoms with E-state index in [0.717, 1.165) is 12.5 Å². The lowest BCUT2D eigenvalue weighted by Gasteiger charge is -2.11. The molecule has 0 radical (unpaired) electrons. The molecule has 0 spiro atoms. The standard InChI is InChI=1S/C15H19NO4/c17-11-6-7-13(12(9-11)15(19)20)16-14(18)8-5-10-3-1-2-4-10/h6-7,9-10,17H,1-5,8H2,(H,16,18)(H,19,20). The Bertz CT molecular complexity index is 507. The molecular weight excluding hydrogens is 258 g/mol. The van der Waals surface area contributed by atoms with Crippen LogP contribution in [0, 0.1) is 5.92 Å². The molecule has 108 valence electrons. The molecule has 0 atom stereocenters. The minimum atomic E-state index is -1.17. The highest BCUT2D eigenvalue weighted by Gasteiger charge is 2.17. The highest BCUT2D eigenvalue weighted by Crippen LogP contribution is 2.29. The summed E-state index contributed by atoms with van der Waals surface area (Å²) in [5, 5.41) is 20.9. The third kappa shape index (κ3) is 3.73. The maximum Gasteiger partial charge on any atom is 0.337 e. The predicted molar refractivity (Wildman–Crippen MR) is 74.9 cm³/mol. The van der Waals surface area contributed by atoms with Crippen LogP contribution in [-0.2, 0) is 4.79 Å².